The highest BCUT2D eigenvalue weighted by atomic mass is 16.6. The topological polar surface area (TPSA) is 358 Å². The first-order chi connectivity index (χ1) is 50.0. The molecule has 0 spiro atoms. The fourth-order valence-corrected chi connectivity index (χ4v) is 10.6. The van der Waals surface area contributed by atoms with Crippen LogP contribution in [0.25, 0.3) is 0 Å². The molecular weight excluding hydrogens is 1370 g/mol. The zero-order valence-corrected chi connectivity index (χ0v) is 64.8. The van der Waals surface area contributed by atoms with Gasteiger partial charge in [-0.3, -0.25) is 53.9 Å². The van der Waals surface area contributed by atoms with Crippen LogP contribution < -0.4 is 21.3 Å². The Balaban J connectivity index is 0.000000619. The minimum Gasteiger partial charge on any atom is -0.466 e. The summed E-state index contributed by atoms with van der Waals surface area (Å²) in [4.78, 5) is 157. The predicted molar refractivity (Wildman–Crippen MR) is 394 cm³/mol. The smallest absolute Gasteiger partial charge is 0.329 e. The van der Waals surface area contributed by atoms with E-state index in [4.69, 9.17) is 37.9 Å². The average molecular weight is 1480 g/mol. The van der Waals surface area contributed by atoms with Gasteiger partial charge in [0.25, 0.3) is 0 Å². The van der Waals surface area contributed by atoms with Crippen molar-refractivity contribution in [1.29, 1.82) is 0 Å². The third kappa shape index (κ3) is 32.6. The summed E-state index contributed by atoms with van der Waals surface area (Å²) in [7, 11) is 1.69. The molecule has 4 atom stereocenters. The standard InChI is InChI=1S/C40H58N4O10.C24H36N2O8.C14H16N2O2/c1-11-51-34(46)23-32(36(48)53-13-3)43(10)25-28-17-15-18-29(21-28)26-44(33(37(49)54-14-4)24-35(47)52-12-2)38(50)42-40(8,9)31-20-16-19-30(22-31)39(6,7)41-27(5)45;1-5-31-21(27)13-19(23(29)33-7-3)25-15-17-10-9-11-18(12-17)16-26-20(24(30)34-8-4)14-22(28)32-6-2;1-13(2,15-9-17)11-6-5-7-12(8-11)14(3,4)16-10-18/h15-22,32-33H,11-14,23-26H2,1-10H3,(H,41,45)(H,42,50);9-12,19-20,25-26H,5-8,13-16H2,1-4H3;5-8H,1-4H3. The van der Waals surface area contributed by atoms with Crippen LogP contribution in [0.3, 0.4) is 0 Å². The van der Waals surface area contributed by atoms with Crippen LogP contribution in [0.2, 0.25) is 0 Å². The first-order valence-corrected chi connectivity index (χ1v) is 35.4. The lowest BCUT2D eigenvalue weighted by molar-refractivity contribution is -0.156. The quantitative estimate of drug-likeness (QED) is 0.0139. The van der Waals surface area contributed by atoms with Crippen molar-refractivity contribution in [3.05, 3.63) is 142 Å². The molecule has 28 heteroatoms. The highest BCUT2D eigenvalue weighted by Gasteiger charge is 2.38. The van der Waals surface area contributed by atoms with Crippen LogP contribution in [0.5, 0.6) is 0 Å². The number of hydrogen-bond donors (Lipinski definition) is 4. The number of esters is 8. The van der Waals surface area contributed by atoms with Crippen molar-refractivity contribution in [1.82, 2.24) is 31.1 Å². The molecule has 3 amide bonds. The number of carbonyl (C=O) groups excluding carboxylic acids is 12. The van der Waals surface area contributed by atoms with Crippen LogP contribution in [0.4, 0.5) is 4.79 Å². The molecule has 106 heavy (non-hydrogen) atoms. The molecule has 4 N–H and O–H groups in total. The zero-order chi connectivity index (χ0) is 79.8. The van der Waals surface area contributed by atoms with E-state index in [2.05, 4.69) is 31.3 Å². The molecule has 4 aromatic rings. The van der Waals surface area contributed by atoms with E-state index in [-0.39, 0.29) is 91.1 Å². The van der Waals surface area contributed by atoms with Gasteiger partial charge in [-0.15, -0.1) is 0 Å². The lowest BCUT2D eigenvalue weighted by Crippen LogP contribution is -2.54. The summed E-state index contributed by atoms with van der Waals surface area (Å²) in [6.07, 6.45) is 2.24. The van der Waals surface area contributed by atoms with Crippen LogP contribution >= 0.6 is 0 Å². The van der Waals surface area contributed by atoms with Gasteiger partial charge in [-0.25, -0.2) is 19.2 Å². The minimum atomic E-state index is -1.34. The number of likely N-dealkylation sites (N-methyl/N-ethyl adjacent to an activating group) is 1. The SMILES string of the molecule is CC(C)(N=C=O)c1cccc(C(C)(C)N=C=O)c1.CCOC(=O)CC(C(=O)OCC)N(C)Cc1cccc(CN(C(=O)NC(C)(C)c2cccc(C(C)(C)NC(C)=O)c2)C(CC(=O)OCC)C(=O)OCC)c1.CCOC(=O)CC(NCc1cccc(CNC(CC(=O)OCC)C(=O)OCC)c1)C(=O)OCC. The number of isocyanates is 2. The van der Waals surface area contributed by atoms with Crippen LogP contribution in [-0.2, 0) is 139 Å². The first-order valence-electron chi connectivity index (χ1n) is 35.4. The third-order valence-electron chi connectivity index (χ3n) is 16.1. The summed E-state index contributed by atoms with van der Waals surface area (Å²) in [5.41, 5.74) is 3.39. The van der Waals surface area contributed by atoms with Crippen molar-refractivity contribution in [2.24, 2.45) is 9.98 Å². The van der Waals surface area contributed by atoms with Crippen molar-refractivity contribution in [2.45, 2.75) is 216 Å². The number of ether oxygens (including phenoxy) is 8. The molecule has 0 radical (unpaired) electrons. The Morgan fingerprint density at radius 1 is 0.406 bits per heavy atom. The molecule has 0 bridgehead atoms. The Morgan fingerprint density at radius 3 is 1.12 bits per heavy atom. The van der Waals surface area contributed by atoms with Crippen molar-refractivity contribution in [2.75, 3.05) is 59.9 Å². The van der Waals surface area contributed by atoms with E-state index in [1.807, 2.05) is 140 Å². The van der Waals surface area contributed by atoms with E-state index >= 15 is 0 Å². The second kappa shape index (κ2) is 46.8. The number of nitrogens with zero attached hydrogens (tertiary/aromatic N) is 4. The molecule has 0 saturated carbocycles. The van der Waals surface area contributed by atoms with Crippen molar-refractivity contribution in [3.8, 4) is 0 Å². The summed E-state index contributed by atoms with van der Waals surface area (Å²) in [5, 5.41) is 12.1. The molecule has 0 aliphatic heterocycles. The second-order valence-electron chi connectivity index (χ2n) is 26.2. The van der Waals surface area contributed by atoms with Gasteiger partial charge in [-0.1, -0.05) is 97.1 Å². The van der Waals surface area contributed by atoms with E-state index in [9.17, 15) is 57.5 Å². The van der Waals surface area contributed by atoms with Crippen molar-refractivity contribution < 1.29 is 95.4 Å². The van der Waals surface area contributed by atoms with E-state index in [0.717, 1.165) is 38.9 Å². The number of nitrogens with one attached hydrogen (secondary N) is 4. The lowest BCUT2D eigenvalue weighted by atomic mass is 9.87. The van der Waals surface area contributed by atoms with Crippen molar-refractivity contribution in [3.63, 3.8) is 0 Å². The Bertz CT molecular complexity index is 3530. The highest BCUT2D eigenvalue weighted by Crippen LogP contribution is 2.32. The Morgan fingerprint density at radius 2 is 0.726 bits per heavy atom. The second-order valence-corrected chi connectivity index (χ2v) is 26.2. The van der Waals surface area contributed by atoms with Gasteiger partial charge in [-0.2, -0.15) is 9.98 Å². The number of rotatable bonds is 40. The fourth-order valence-electron chi connectivity index (χ4n) is 10.6. The molecule has 0 aromatic heterocycles. The van der Waals surface area contributed by atoms with E-state index in [1.54, 1.807) is 91.6 Å². The molecule has 0 heterocycles. The summed E-state index contributed by atoms with van der Waals surface area (Å²) >= 11 is 0. The molecule has 0 fully saturated rings. The number of carbonyl (C=O) groups is 10. The summed E-state index contributed by atoms with van der Waals surface area (Å²) < 4.78 is 40.8. The van der Waals surface area contributed by atoms with Gasteiger partial charge in [0, 0.05) is 33.1 Å². The largest absolute Gasteiger partial charge is 0.466 e. The molecule has 582 valence electrons. The van der Waals surface area contributed by atoms with Gasteiger partial charge < -0.3 is 53.4 Å². The average Bonchev–Trinajstić information content (AvgIpc) is 0.803. The minimum absolute atomic E-state index is 0.0191. The molecular formula is C78H110N8O20. The molecule has 4 unspecified atom stereocenters. The maximum atomic E-state index is 14.4. The van der Waals surface area contributed by atoms with Gasteiger partial charge in [-0.05, 0) is 162 Å². The molecule has 0 saturated heterocycles. The molecule has 0 aliphatic rings. The Kier molecular flexibility index (Phi) is 40.6. The van der Waals surface area contributed by atoms with Gasteiger partial charge in [0.05, 0.1) is 101 Å². The van der Waals surface area contributed by atoms with Gasteiger partial charge >= 0.3 is 53.8 Å². The van der Waals surface area contributed by atoms with Crippen molar-refractivity contribution >= 4 is 71.9 Å². The summed E-state index contributed by atoms with van der Waals surface area (Å²) in [6, 6.07) is 25.1. The first kappa shape index (κ1) is 92.1. The summed E-state index contributed by atoms with van der Waals surface area (Å²) in [5.74, 6) is -4.76. The highest BCUT2D eigenvalue weighted by molar-refractivity contribution is 5.88. The molecule has 0 aliphatic carbocycles. The third-order valence-corrected chi connectivity index (χ3v) is 16.1. The molecule has 4 aromatic carbocycles. The van der Waals surface area contributed by atoms with E-state index in [0.29, 0.717) is 18.7 Å². The fraction of sp³-hybridized carbons (Fsp3) is 0.538. The Hall–Kier alpha value is -9.98. The number of benzene rings is 4. The predicted octanol–water partition coefficient (Wildman–Crippen LogP) is 9.17. The van der Waals surface area contributed by atoms with Gasteiger partial charge in [0.1, 0.15) is 24.2 Å². The number of hydrogen-bond acceptors (Lipinski definition) is 25. The molecule has 4 rings (SSSR count). The number of urea groups is 1. The maximum absolute atomic E-state index is 14.4. The lowest BCUT2D eigenvalue weighted by Gasteiger charge is -2.35. The van der Waals surface area contributed by atoms with E-state index < -0.39 is 107 Å². The van der Waals surface area contributed by atoms with Gasteiger partial charge in [0.15, 0.2) is 0 Å². The Labute approximate surface area is 623 Å². The number of aliphatic imine (C=N–C) groups is 2. The monoisotopic (exact) mass is 1480 g/mol. The van der Waals surface area contributed by atoms with E-state index in [1.165, 1.54) is 11.8 Å². The van der Waals surface area contributed by atoms with Gasteiger partial charge in [0.2, 0.25) is 18.1 Å². The number of amides is 3. The van der Waals surface area contributed by atoms with Crippen LogP contribution in [0, 0.1) is 0 Å². The van der Waals surface area contributed by atoms with Crippen LogP contribution in [0.1, 0.15) is 188 Å². The maximum Gasteiger partial charge on any atom is 0.329 e. The van der Waals surface area contributed by atoms with Crippen LogP contribution in [-0.4, -0.2) is 166 Å². The summed E-state index contributed by atoms with van der Waals surface area (Å²) in [6.45, 7) is 31.6. The normalized spacial score (nSPS) is 12.3. The zero-order valence-electron chi connectivity index (χ0n) is 64.8. The van der Waals surface area contributed by atoms with Crippen LogP contribution in [0.15, 0.2) is 107 Å². The molecule has 28 nitrogen and oxygen atoms in total.